The molecule has 4 heteroatoms. The molecule has 1 rings (SSSR count). The number of aromatic nitrogens is 1. The molecule has 0 aromatic carbocycles. The van der Waals surface area contributed by atoms with Gasteiger partial charge in [0, 0.05) is 6.20 Å². The number of aromatic carboxylic acids is 1. The van der Waals surface area contributed by atoms with E-state index >= 15 is 0 Å². The number of hydrogen-bond donors (Lipinski definition) is 0. The van der Waals surface area contributed by atoms with Crippen LogP contribution in [0.25, 0.3) is 0 Å². The summed E-state index contributed by atoms with van der Waals surface area (Å²) in [6.07, 6.45) is 1.41. The normalized spacial score (nSPS) is 8.00. The molecular weight excluding hydrogens is 154 g/mol. The van der Waals surface area contributed by atoms with Crippen LogP contribution in [0.3, 0.4) is 0 Å². The van der Waals surface area contributed by atoms with E-state index in [1.165, 1.54) is 12.3 Å². The monoisotopic (exact) mass is 157 g/mol. The second-order valence-corrected chi connectivity index (χ2v) is 1.50. The Bertz CT molecular complexity index is 212. The van der Waals surface area contributed by atoms with Crippen LogP contribution < -0.4 is 5.11 Å². The molecule has 0 aliphatic heterocycles. The predicted octanol–water partition coefficient (Wildman–Crippen LogP) is -0.555. The Morgan fingerprint density at radius 3 is 2.50 bits per heavy atom. The highest BCUT2D eigenvalue weighted by molar-refractivity contribution is 5.83. The summed E-state index contributed by atoms with van der Waals surface area (Å²) in [5, 5.41) is 10.0. The van der Waals surface area contributed by atoms with Gasteiger partial charge in [0.25, 0.3) is 0 Å². The van der Waals surface area contributed by atoms with E-state index in [2.05, 4.69) is 4.98 Å². The molecule has 1 heterocycles. The molecule has 0 saturated heterocycles. The molecule has 1 aromatic heterocycles. The average Bonchev–Trinajstić information content (AvgIpc) is 1.90. The minimum atomic E-state index is -1.24. The van der Waals surface area contributed by atoms with E-state index in [0.29, 0.717) is 0 Å². The fourth-order valence-electron chi connectivity index (χ4n) is 0.484. The molecule has 0 saturated carbocycles. The molecule has 0 bridgehead atoms. The van der Waals surface area contributed by atoms with Gasteiger partial charge in [-0.15, -0.1) is 0 Å². The maximum absolute atomic E-state index is 10.0. The van der Waals surface area contributed by atoms with E-state index in [0.717, 1.165) is 0 Å². The summed E-state index contributed by atoms with van der Waals surface area (Å²) in [5.74, 6) is -1.24. The smallest absolute Gasteiger partial charge is 0.543 e. The van der Waals surface area contributed by atoms with Crippen LogP contribution in [0, 0.1) is 12.4 Å². The van der Waals surface area contributed by atoms with E-state index < -0.39 is 5.97 Å². The van der Waals surface area contributed by atoms with E-state index in [4.69, 9.17) is 0 Å². The third-order valence-electron chi connectivity index (χ3n) is 0.874. The van der Waals surface area contributed by atoms with Crippen molar-refractivity contribution in [3.8, 4) is 0 Å². The molecule has 10 heavy (non-hydrogen) atoms. The summed E-state index contributed by atoms with van der Waals surface area (Å²) in [7, 11) is 0. The maximum atomic E-state index is 10.0. The van der Waals surface area contributed by atoms with Gasteiger partial charge in [-0.05, 0) is 12.1 Å². The van der Waals surface area contributed by atoms with Gasteiger partial charge in [-0.1, -0.05) is 6.07 Å². The van der Waals surface area contributed by atoms with Gasteiger partial charge in [0.15, 0.2) is 0 Å². The highest BCUT2D eigenvalue weighted by Gasteiger charge is 1.87. The zero-order chi connectivity index (χ0) is 6.69. The SMILES string of the molecule is O=C([O-])c1ccccn1.[Cl+]. The maximum Gasteiger partial charge on any atom is 1.00 e. The Labute approximate surface area is 64.1 Å². The Kier molecular flexibility index (Phi) is 3.43. The Morgan fingerprint density at radius 2 is 2.20 bits per heavy atom. The van der Waals surface area contributed by atoms with Crippen molar-refractivity contribution >= 4 is 5.97 Å². The summed E-state index contributed by atoms with van der Waals surface area (Å²) < 4.78 is 0. The molecule has 0 unspecified atom stereocenters. The first kappa shape index (κ1) is 8.91. The molecule has 0 atom stereocenters. The van der Waals surface area contributed by atoms with Crippen LogP contribution in [-0.4, -0.2) is 11.0 Å². The molecule has 0 amide bonds. The quantitative estimate of drug-likeness (QED) is 0.550. The zero-order valence-corrected chi connectivity index (χ0v) is 5.71. The van der Waals surface area contributed by atoms with Crippen LogP contribution >= 0.6 is 0 Å². The first-order valence-corrected chi connectivity index (χ1v) is 2.43. The summed E-state index contributed by atoms with van der Waals surface area (Å²) in [5.41, 5.74) is -0.0301. The van der Waals surface area contributed by atoms with Crippen LogP contribution in [0.15, 0.2) is 24.4 Å². The van der Waals surface area contributed by atoms with Gasteiger partial charge in [-0.25, -0.2) is 0 Å². The second-order valence-electron chi connectivity index (χ2n) is 1.50. The van der Waals surface area contributed by atoms with Crippen molar-refractivity contribution in [2.24, 2.45) is 0 Å². The molecule has 3 nitrogen and oxygen atoms in total. The second kappa shape index (κ2) is 3.85. The van der Waals surface area contributed by atoms with Crippen molar-refractivity contribution in [1.29, 1.82) is 0 Å². The number of halogens is 1. The highest BCUT2D eigenvalue weighted by atomic mass is 35.5. The molecular formula is C6H4ClNO2. The van der Waals surface area contributed by atoms with Gasteiger partial charge >= 0.3 is 12.4 Å². The van der Waals surface area contributed by atoms with Crippen LogP contribution in [0.4, 0.5) is 0 Å². The molecule has 0 aliphatic carbocycles. The van der Waals surface area contributed by atoms with Gasteiger partial charge in [-0.3, -0.25) is 4.98 Å². The Morgan fingerprint density at radius 1 is 1.50 bits per heavy atom. The Balaban J connectivity index is 0.000000810. The van der Waals surface area contributed by atoms with Crippen molar-refractivity contribution in [2.75, 3.05) is 0 Å². The molecule has 0 N–H and O–H groups in total. The molecule has 0 fully saturated rings. The number of hydrogen-bond acceptors (Lipinski definition) is 3. The molecule has 52 valence electrons. The van der Waals surface area contributed by atoms with Crippen molar-refractivity contribution in [2.45, 2.75) is 0 Å². The fourth-order valence-corrected chi connectivity index (χ4v) is 0.484. The number of carbonyl (C=O) groups excluding carboxylic acids is 1. The molecule has 0 aliphatic rings. The topological polar surface area (TPSA) is 53.0 Å². The lowest BCUT2D eigenvalue weighted by molar-refractivity contribution is -0.255. The first-order valence-electron chi connectivity index (χ1n) is 2.43. The lowest BCUT2D eigenvalue weighted by Crippen LogP contribution is -2.23. The highest BCUT2D eigenvalue weighted by Crippen LogP contribution is 1.88. The fraction of sp³-hybridized carbons (Fsp3) is 0. The number of carboxylic acids is 1. The molecule has 2 radical (unpaired) electrons. The van der Waals surface area contributed by atoms with Crippen molar-refractivity contribution in [3.63, 3.8) is 0 Å². The third kappa shape index (κ3) is 2.03. The number of nitrogens with zero attached hydrogens (tertiary/aromatic N) is 1. The van der Waals surface area contributed by atoms with Crippen molar-refractivity contribution in [3.05, 3.63) is 30.1 Å². The predicted molar refractivity (Wildman–Crippen MR) is 28.6 cm³/mol. The number of carbonyl (C=O) groups is 1. The van der Waals surface area contributed by atoms with Gasteiger partial charge in [-0.2, -0.15) is 0 Å². The van der Waals surface area contributed by atoms with Gasteiger partial charge in [0.05, 0.1) is 11.7 Å². The zero-order valence-electron chi connectivity index (χ0n) is 4.95. The summed E-state index contributed by atoms with van der Waals surface area (Å²) >= 11 is 0. The minimum Gasteiger partial charge on any atom is -0.543 e. The van der Waals surface area contributed by atoms with Gasteiger partial charge in [0.2, 0.25) is 0 Å². The van der Waals surface area contributed by atoms with Gasteiger partial charge < -0.3 is 9.90 Å². The van der Waals surface area contributed by atoms with Crippen LogP contribution in [0.2, 0.25) is 0 Å². The van der Waals surface area contributed by atoms with E-state index in [-0.39, 0.29) is 18.1 Å². The standard InChI is InChI=1S/C6H5NO2.Cl/c8-6(9)5-3-1-2-4-7-5;/h1-4H,(H,8,9);/q;+1/p-1. The first-order chi connectivity index (χ1) is 4.30. The van der Waals surface area contributed by atoms with Crippen molar-refractivity contribution in [1.82, 2.24) is 4.98 Å². The summed E-state index contributed by atoms with van der Waals surface area (Å²) in [4.78, 5) is 13.5. The number of pyridine rings is 1. The lowest BCUT2D eigenvalue weighted by atomic mass is 10.4. The van der Waals surface area contributed by atoms with Gasteiger partial charge in [0.1, 0.15) is 0 Å². The number of rotatable bonds is 1. The van der Waals surface area contributed by atoms with E-state index in [1.54, 1.807) is 12.1 Å². The van der Waals surface area contributed by atoms with Crippen LogP contribution in [-0.2, 0) is 0 Å². The average molecular weight is 158 g/mol. The summed E-state index contributed by atoms with van der Waals surface area (Å²) in [6.45, 7) is 0. The van der Waals surface area contributed by atoms with Crippen LogP contribution in [0.5, 0.6) is 0 Å². The van der Waals surface area contributed by atoms with Crippen LogP contribution in [0.1, 0.15) is 10.5 Å². The minimum absolute atomic E-state index is 0. The number of carboxylic acid groups (broad SMARTS) is 1. The molecule has 1 aromatic rings. The van der Waals surface area contributed by atoms with E-state index in [9.17, 15) is 9.90 Å². The Hall–Kier alpha value is -1.09. The third-order valence-corrected chi connectivity index (χ3v) is 0.874. The van der Waals surface area contributed by atoms with E-state index in [1.807, 2.05) is 0 Å². The lowest BCUT2D eigenvalue weighted by Gasteiger charge is -1.96. The van der Waals surface area contributed by atoms with Crippen molar-refractivity contribution < 1.29 is 22.3 Å². The largest absolute Gasteiger partial charge is 1.00 e. The summed E-state index contributed by atoms with van der Waals surface area (Å²) in [6, 6.07) is 4.62. The molecule has 0 spiro atoms.